The molecule has 0 radical (unpaired) electrons. The van der Waals surface area contributed by atoms with Crippen molar-refractivity contribution in [2.75, 3.05) is 0 Å². The zero-order valence-corrected chi connectivity index (χ0v) is 13.5. The van der Waals surface area contributed by atoms with Gasteiger partial charge in [0, 0.05) is 28.3 Å². The molecule has 12 heteroatoms. The van der Waals surface area contributed by atoms with Gasteiger partial charge in [-0.15, -0.1) is 10.2 Å². The molecule has 0 atom stereocenters. The molecule has 3 rings (SSSR count). The Bertz CT molecular complexity index is 972. The van der Waals surface area contributed by atoms with Crippen LogP contribution in [0.3, 0.4) is 0 Å². The molecule has 0 aliphatic heterocycles. The minimum absolute atomic E-state index is 0.0387. The van der Waals surface area contributed by atoms with Gasteiger partial charge in [0.2, 0.25) is 5.82 Å². The highest BCUT2D eigenvalue weighted by molar-refractivity contribution is 6.31. The van der Waals surface area contributed by atoms with Gasteiger partial charge in [-0.25, -0.2) is 4.39 Å². The third-order valence-electron chi connectivity index (χ3n) is 3.40. The molecule has 0 saturated carbocycles. The number of nitro groups is 2. The highest BCUT2D eigenvalue weighted by Crippen LogP contribution is 2.27. The first-order chi connectivity index (χ1) is 12.3. The molecule has 0 amide bonds. The van der Waals surface area contributed by atoms with Gasteiger partial charge >= 0.3 is 0 Å². The second-order valence-electron chi connectivity index (χ2n) is 5.10. The van der Waals surface area contributed by atoms with Crippen LogP contribution in [0.15, 0.2) is 36.4 Å². The Morgan fingerprint density at radius 2 is 1.77 bits per heavy atom. The summed E-state index contributed by atoms with van der Waals surface area (Å²) in [5.74, 6) is -0.633. The van der Waals surface area contributed by atoms with E-state index in [9.17, 15) is 24.6 Å². The number of nitro benzene ring substituents is 2. The van der Waals surface area contributed by atoms with E-state index in [0.717, 1.165) is 23.0 Å². The predicted molar refractivity (Wildman–Crippen MR) is 87.1 cm³/mol. The van der Waals surface area contributed by atoms with Crippen LogP contribution in [-0.2, 0) is 6.54 Å². The first-order valence-corrected chi connectivity index (χ1v) is 7.38. The Balaban J connectivity index is 1.97. The standard InChI is InChI=1S/C14H8ClFN6O4/c15-12-2-1-3-13(16)11(12)7-20-18-14(17-19-20)8-4-9(21(23)24)6-10(5-8)22(25)26/h1-6H,7H2. The zero-order chi connectivity index (χ0) is 18.8. The van der Waals surface area contributed by atoms with Gasteiger partial charge in [-0.3, -0.25) is 20.2 Å². The molecule has 0 N–H and O–H groups in total. The van der Waals surface area contributed by atoms with Gasteiger partial charge < -0.3 is 0 Å². The first-order valence-electron chi connectivity index (χ1n) is 7.00. The van der Waals surface area contributed by atoms with Crippen molar-refractivity contribution in [1.29, 1.82) is 0 Å². The topological polar surface area (TPSA) is 130 Å². The van der Waals surface area contributed by atoms with E-state index in [1.807, 2.05) is 0 Å². The van der Waals surface area contributed by atoms with Crippen LogP contribution in [0.5, 0.6) is 0 Å². The Morgan fingerprint density at radius 3 is 2.35 bits per heavy atom. The van der Waals surface area contributed by atoms with E-state index in [1.54, 1.807) is 0 Å². The molecular weight excluding hydrogens is 371 g/mol. The van der Waals surface area contributed by atoms with Gasteiger partial charge in [-0.05, 0) is 17.3 Å². The van der Waals surface area contributed by atoms with E-state index in [2.05, 4.69) is 15.4 Å². The fourth-order valence-corrected chi connectivity index (χ4v) is 2.41. The average molecular weight is 379 g/mol. The van der Waals surface area contributed by atoms with E-state index in [0.29, 0.717) is 0 Å². The Hall–Kier alpha value is -3.47. The van der Waals surface area contributed by atoms with Crippen molar-refractivity contribution in [3.05, 3.63) is 73.0 Å². The maximum Gasteiger partial charge on any atom is 0.277 e. The second-order valence-corrected chi connectivity index (χ2v) is 5.50. The van der Waals surface area contributed by atoms with Gasteiger partial charge in [-0.1, -0.05) is 17.7 Å². The van der Waals surface area contributed by atoms with Crippen LogP contribution in [0.2, 0.25) is 5.02 Å². The van der Waals surface area contributed by atoms with Crippen molar-refractivity contribution >= 4 is 23.0 Å². The van der Waals surface area contributed by atoms with Crippen LogP contribution >= 0.6 is 11.6 Å². The third-order valence-corrected chi connectivity index (χ3v) is 3.75. The number of rotatable bonds is 5. The van der Waals surface area contributed by atoms with Gasteiger partial charge in [0.15, 0.2) is 0 Å². The van der Waals surface area contributed by atoms with Crippen LogP contribution in [0, 0.1) is 26.0 Å². The fraction of sp³-hybridized carbons (Fsp3) is 0.0714. The van der Waals surface area contributed by atoms with Crippen LogP contribution in [0.4, 0.5) is 15.8 Å². The molecule has 0 bridgehead atoms. The Kier molecular flexibility index (Phi) is 4.54. The monoisotopic (exact) mass is 378 g/mol. The lowest BCUT2D eigenvalue weighted by Gasteiger charge is -2.03. The third kappa shape index (κ3) is 3.47. The van der Waals surface area contributed by atoms with Gasteiger partial charge in [0.05, 0.1) is 22.5 Å². The summed E-state index contributed by atoms with van der Waals surface area (Å²) in [4.78, 5) is 21.4. The summed E-state index contributed by atoms with van der Waals surface area (Å²) in [6.07, 6.45) is 0. The minimum atomic E-state index is -0.764. The lowest BCUT2D eigenvalue weighted by molar-refractivity contribution is -0.394. The van der Waals surface area contributed by atoms with Crippen molar-refractivity contribution in [2.24, 2.45) is 0 Å². The first kappa shape index (κ1) is 17.4. The summed E-state index contributed by atoms with van der Waals surface area (Å²) < 4.78 is 13.8. The molecule has 0 unspecified atom stereocenters. The summed E-state index contributed by atoms with van der Waals surface area (Å²) in [5.41, 5.74) is -0.787. The summed E-state index contributed by atoms with van der Waals surface area (Å²) in [5, 5.41) is 33.5. The van der Waals surface area contributed by atoms with E-state index in [4.69, 9.17) is 11.6 Å². The largest absolute Gasteiger partial charge is 0.277 e. The van der Waals surface area contributed by atoms with Crippen LogP contribution < -0.4 is 0 Å². The van der Waals surface area contributed by atoms with E-state index >= 15 is 0 Å². The molecule has 132 valence electrons. The molecule has 2 aromatic carbocycles. The molecule has 0 spiro atoms. The van der Waals surface area contributed by atoms with Crippen LogP contribution in [-0.4, -0.2) is 30.1 Å². The number of nitrogens with zero attached hydrogens (tertiary/aromatic N) is 6. The maximum absolute atomic E-state index is 13.8. The summed E-state index contributed by atoms with van der Waals surface area (Å²) in [7, 11) is 0. The normalized spacial score (nSPS) is 10.7. The number of aromatic nitrogens is 4. The highest BCUT2D eigenvalue weighted by Gasteiger charge is 2.20. The fourth-order valence-electron chi connectivity index (χ4n) is 2.19. The van der Waals surface area contributed by atoms with Crippen molar-refractivity contribution < 1.29 is 14.2 Å². The smallest absolute Gasteiger partial charge is 0.258 e. The Morgan fingerprint density at radius 1 is 1.12 bits per heavy atom. The number of non-ortho nitro benzene ring substituents is 2. The number of tetrazole rings is 1. The second kappa shape index (κ2) is 6.80. The van der Waals surface area contributed by atoms with Crippen LogP contribution in [0.25, 0.3) is 11.4 Å². The maximum atomic E-state index is 13.8. The molecule has 1 heterocycles. The molecule has 1 aromatic heterocycles. The lowest BCUT2D eigenvalue weighted by atomic mass is 10.1. The Labute approximate surface area is 149 Å². The van der Waals surface area contributed by atoms with E-state index < -0.39 is 27.0 Å². The number of halogens is 2. The van der Waals surface area contributed by atoms with Crippen molar-refractivity contribution in [1.82, 2.24) is 20.2 Å². The summed E-state index contributed by atoms with van der Waals surface area (Å²) in [6.45, 7) is -0.129. The number of hydrogen-bond donors (Lipinski definition) is 0. The molecule has 0 aliphatic carbocycles. The van der Waals surface area contributed by atoms with E-state index in [1.165, 1.54) is 18.2 Å². The molecule has 10 nitrogen and oxygen atoms in total. The quantitative estimate of drug-likeness (QED) is 0.492. The van der Waals surface area contributed by atoms with Crippen molar-refractivity contribution in [3.8, 4) is 11.4 Å². The van der Waals surface area contributed by atoms with E-state index in [-0.39, 0.29) is 28.5 Å². The summed E-state index contributed by atoms with van der Waals surface area (Å²) in [6, 6.07) is 7.18. The number of benzene rings is 2. The van der Waals surface area contributed by atoms with Crippen molar-refractivity contribution in [2.45, 2.75) is 6.54 Å². The molecule has 0 aliphatic rings. The predicted octanol–water partition coefficient (Wildman–Crippen LogP) is 3.00. The lowest BCUT2D eigenvalue weighted by Crippen LogP contribution is -2.06. The number of hydrogen-bond acceptors (Lipinski definition) is 7. The van der Waals surface area contributed by atoms with Gasteiger partial charge in [0.1, 0.15) is 5.82 Å². The van der Waals surface area contributed by atoms with Crippen molar-refractivity contribution in [3.63, 3.8) is 0 Å². The van der Waals surface area contributed by atoms with Gasteiger partial charge in [-0.2, -0.15) is 4.80 Å². The molecule has 0 fully saturated rings. The molecule has 26 heavy (non-hydrogen) atoms. The average Bonchev–Trinajstić information content (AvgIpc) is 3.06. The highest BCUT2D eigenvalue weighted by atomic mass is 35.5. The SMILES string of the molecule is O=[N+]([O-])c1cc(-c2nnn(Cc3c(F)cccc3Cl)n2)cc([N+](=O)[O-])c1. The zero-order valence-electron chi connectivity index (χ0n) is 12.7. The molecular formula is C14H8ClFN6O4. The summed E-state index contributed by atoms with van der Waals surface area (Å²) >= 11 is 5.94. The van der Waals surface area contributed by atoms with Crippen LogP contribution in [0.1, 0.15) is 5.56 Å². The van der Waals surface area contributed by atoms with Gasteiger partial charge in [0.25, 0.3) is 11.4 Å². The minimum Gasteiger partial charge on any atom is -0.258 e. The molecule has 0 saturated heterocycles. The molecule has 3 aromatic rings.